The number of anilines is 1. The van der Waals surface area contributed by atoms with Gasteiger partial charge in [0.1, 0.15) is 11.9 Å². The molecule has 1 atom stereocenters. The first kappa shape index (κ1) is 12.8. The molecule has 0 aliphatic carbocycles. The van der Waals surface area contributed by atoms with Crippen molar-refractivity contribution in [1.29, 1.82) is 0 Å². The number of carbonyl (C=O) groups excluding carboxylic acids is 1. The summed E-state index contributed by atoms with van der Waals surface area (Å²) in [6.45, 7) is 1.95. The van der Waals surface area contributed by atoms with E-state index in [4.69, 9.17) is 0 Å². The number of halogens is 1. The third-order valence-electron chi connectivity index (χ3n) is 3.52. The summed E-state index contributed by atoms with van der Waals surface area (Å²) >= 11 is 0. The van der Waals surface area contributed by atoms with Gasteiger partial charge >= 0.3 is 0 Å². The Balaban J connectivity index is 2.06. The lowest BCUT2D eigenvalue weighted by Crippen LogP contribution is -2.08. The predicted molar refractivity (Wildman–Crippen MR) is 74.0 cm³/mol. The summed E-state index contributed by atoms with van der Waals surface area (Å²) < 4.78 is 13.6. The molecule has 3 rings (SSSR count). The molecule has 1 amide bonds. The quantitative estimate of drug-likeness (QED) is 0.882. The first-order valence-corrected chi connectivity index (χ1v) is 6.41. The third-order valence-corrected chi connectivity index (χ3v) is 3.52. The minimum atomic E-state index is -0.960. The van der Waals surface area contributed by atoms with Crippen LogP contribution in [0.3, 0.4) is 0 Å². The molecule has 1 aliphatic heterocycles. The largest absolute Gasteiger partial charge is 0.384 e. The van der Waals surface area contributed by atoms with Gasteiger partial charge in [-0.1, -0.05) is 29.8 Å². The van der Waals surface area contributed by atoms with E-state index in [0.29, 0.717) is 22.4 Å². The van der Waals surface area contributed by atoms with E-state index in [9.17, 15) is 14.3 Å². The Labute approximate surface area is 116 Å². The average Bonchev–Trinajstić information content (AvgIpc) is 2.78. The minimum Gasteiger partial charge on any atom is -0.384 e. The Morgan fingerprint density at radius 3 is 2.65 bits per heavy atom. The minimum absolute atomic E-state index is 0.153. The van der Waals surface area contributed by atoms with Crippen molar-refractivity contribution in [3.8, 4) is 0 Å². The molecular formula is C16H14FNO2. The van der Waals surface area contributed by atoms with Crippen molar-refractivity contribution in [2.45, 2.75) is 19.4 Å². The number of amides is 1. The lowest BCUT2D eigenvalue weighted by molar-refractivity contribution is -0.115. The van der Waals surface area contributed by atoms with Crippen molar-refractivity contribution in [3.63, 3.8) is 0 Å². The molecule has 0 saturated heterocycles. The smallest absolute Gasteiger partial charge is 0.228 e. The van der Waals surface area contributed by atoms with Gasteiger partial charge in [0, 0.05) is 5.56 Å². The van der Waals surface area contributed by atoms with Crippen LogP contribution in [0.15, 0.2) is 36.4 Å². The van der Waals surface area contributed by atoms with Gasteiger partial charge in [0.2, 0.25) is 5.91 Å². The highest BCUT2D eigenvalue weighted by molar-refractivity contribution is 6.00. The lowest BCUT2D eigenvalue weighted by Gasteiger charge is -2.16. The summed E-state index contributed by atoms with van der Waals surface area (Å²) in [4.78, 5) is 11.5. The molecule has 3 nitrogen and oxygen atoms in total. The monoisotopic (exact) mass is 271 g/mol. The molecule has 4 heteroatoms. The zero-order valence-electron chi connectivity index (χ0n) is 11.0. The van der Waals surface area contributed by atoms with Crippen LogP contribution in [-0.4, -0.2) is 11.0 Å². The second kappa shape index (κ2) is 4.72. The Morgan fingerprint density at radius 2 is 1.95 bits per heavy atom. The molecule has 0 radical (unpaired) electrons. The topological polar surface area (TPSA) is 49.3 Å². The van der Waals surface area contributed by atoms with Crippen LogP contribution in [0.25, 0.3) is 0 Å². The Hall–Kier alpha value is -2.20. The lowest BCUT2D eigenvalue weighted by atomic mass is 9.97. The van der Waals surface area contributed by atoms with E-state index >= 15 is 0 Å². The van der Waals surface area contributed by atoms with E-state index in [1.165, 1.54) is 12.1 Å². The van der Waals surface area contributed by atoms with Crippen LogP contribution in [0, 0.1) is 12.7 Å². The Morgan fingerprint density at radius 1 is 1.25 bits per heavy atom. The maximum Gasteiger partial charge on any atom is 0.228 e. The van der Waals surface area contributed by atoms with Crippen LogP contribution >= 0.6 is 0 Å². The summed E-state index contributed by atoms with van der Waals surface area (Å²) in [5.41, 5.74) is 3.28. The number of aryl methyl sites for hydroxylation is 1. The highest BCUT2D eigenvalue weighted by Crippen LogP contribution is 2.35. The Bertz CT molecular complexity index is 680. The second-order valence-corrected chi connectivity index (χ2v) is 5.07. The molecule has 0 bridgehead atoms. The molecular weight excluding hydrogens is 257 g/mol. The molecule has 1 heterocycles. The number of hydrogen-bond acceptors (Lipinski definition) is 2. The molecule has 1 aliphatic rings. The average molecular weight is 271 g/mol. The van der Waals surface area contributed by atoms with E-state index in [1.54, 1.807) is 12.1 Å². The van der Waals surface area contributed by atoms with E-state index in [-0.39, 0.29) is 12.3 Å². The molecule has 2 aromatic carbocycles. The zero-order chi connectivity index (χ0) is 14.3. The number of fused-ring (bicyclic) bond motifs is 1. The maximum atomic E-state index is 13.6. The number of aliphatic hydroxyl groups is 1. The predicted octanol–water partition coefficient (Wildman–Crippen LogP) is 2.71. The summed E-state index contributed by atoms with van der Waals surface area (Å²) in [5.74, 6) is -0.621. The first-order chi connectivity index (χ1) is 9.54. The van der Waals surface area contributed by atoms with Gasteiger partial charge in [-0.15, -0.1) is 0 Å². The van der Waals surface area contributed by atoms with Gasteiger partial charge in [0.25, 0.3) is 0 Å². The molecule has 0 fully saturated rings. The second-order valence-electron chi connectivity index (χ2n) is 5.07. The van der Waals surface area contributed by atoms with E-state index < -0.39 is 11.9 Å². The molecule has 2 aromatic rings. The van der Waals surface area contributed by atoms with Crippen molar-refractivity contribution >= 4 is 11.6 Å². The van der Waals surface area contributed by atoms with E-state index in [2.05, 4.69) is 5.32 Å². The van der Waals surface area contributed by atoms with Crippen molar-refractivity contribution < 1.29 is 14.3 Å². The highest BCUT2D eigenvalue weighted by Gasteiger charge is 2.25. The molecule has 0 spiro atoms. The molecule has 20 heavy (non-hydrogen) atoms. The van der Waals surface area contributed by atoms with E-state index in [0.717, 1.165) is 5.56 Å². The van der Waals surface area contributed by atoms with Crippen LogP contribution in [0.4, 0.5) is 10.1 Å². The SMILES string of the molecule is Cc1ccc(C(O)c2cc(F)cc3c2NC(=O)C3)cc1. The molecule has 2 N–H and O–H groups in total. The standard InChI is InChI=1S/C16H14FNO2/c1-9-2-4-10(5-3-9)16(20)13-8-12(17)6-11-7-14(19)18-15(11)13/h2-6,8,16,20H,7H2,1H3,(H,18,19). The van der Waals surface area contributed by atoms with Gasteiger partial charge in [-0.05, 0) is 30.2 Å². The molecule has 1 unspecified atom stereocenters. The van der Waals surface area contributed by atoms with Gasteiger partial charge < -0.3 is 10.4 Å². The van der Waals surface area contributed by atoms with Gasteiger partial charge in [-0.2, -0.15) is 0 Å². The van der Waals surface area contributed by atoms with Crippen molar-refractivity contribution in [1.82, 2.24) is 0 Å². The van der Waals surface area contributed by atoms with Crippen LogP contribution < -0.4 is 5.32 Å². The fourth-order valence-electron chi connectivity index (χ4n) is 2.48. The number of benzene rings is 2. The third kappa shape index (κ3) is 2.18. The van der Waals surface area contributed by atoms with Crippen LogP contribution in [-0.2, 0) is 11.2 Å². The summed E-state index contributed by atoms with van der Waals surface area (Å²) in [6.07, 6.45) is -0.806. The fraction of sp³-hybridized carbons (Fsp3) is 0.188. The zero-order valence-corrected chi connectivity index (χ0v) is 11.0. The van der Waals surface area contributed by atoms with Crippen LogP contribution in [0.5, 0.6) is 0 Å². The summed E-state index contributed by atoms with van der Waals surface area (Å²) in [6, 6.07) is 9.98. The molecule has 0 aromatic heterocycles. The van der Waals surface area contributed by atoms with Gasteiger partial charge in [0.15, 0.2) is 0 Å². The number of aliphatic hydroxyl groups excluding tert-OH is 1. The summed E-state index contributed by atoms with van der Waals surface area (Å²) in [7, 11) is 0. The van der Waals surface area contributed by atoms with E-state index in [1.807, 2.05) is 19.1 Å². The first-order valence-electron chi connectivity index (χ1n) is 6.41. The Kier molecular flexibility index (Phi) is 3.03. The number of rotatable bonds is 2. The molecule has 0 saturated carbocycles. The normalized spacial score (nSPS) is 14.8. The molecule has 102 valence electrons. The maximum absolute atomic E-state index is 13.6. The van der Waals surface area contributed by atoms with Crippen molar-refractivity contribution in [3.05, 3.63) is 64.5 Å². The van der Waals surface area contributed by atoms with Gasteiger partial charge in [-0.25, -0.2) is 4.39 Å². The van der Waals surface area contributed by atoms with Gasteiger partial charge in [-0.3, -0.25) is 4.79 Å². The number of carbonyl (C=O) groups is 1. The highest BCUT2D eigenvalue weighted by atomic mass is 19.1. The van der Waals surface area contributed by atoms with Crippen LogP contribution in [0.2, 0.25) is 0 Å². The summed E-state index contributed by atoms with van der Waals surface area (Å²) in [5, 5.41) is 13.1. The van der Waals surface area contributed by atoms with Crippen LogP contribution in [0.1, 0.15) is 28.4 Å². The number of hydrogen-bond donors (Lipinski definition) is 2. The van der Waals surface area contributed by atoms with Crippen molar-refractivity contribution in [2.75, 3.05) is 5.32 Å². The number of nitrogens with one attached hydrogen (secondary N) is 1. The van der Waals surface area contributed by atoms with Gasteiger partial charge in [0.05, 0.1) is 12.1 Å². The fourth-order valence-corrected chi connectivity index (χ4v) is 2.48. The van der Waals surface area contributed by atoms with Crippen molar-refractivity contribution in [2.24, 2.45) is 0 Å².